The van der Waals surface area contributed by atoms with Gasteiger partial charge in [-0.05, 0) is 13.8 Å². The van der Waals surface area contributed by atoms with Crippen molar-refractivity contribution in [2.24, 2.45) is 5.84 Å². The molecule has 3 N–H and O–H groups in total. The van der Waals surface area contributed by atoms with Gasteiger partial charge in [0.05, 0.1) is 12.1 Å². The Labute approximate surface area is 116 Å². The summed E-state index contributed by atoms with van der Waals surface area (Å²) >= 11 is 0. The van der Waals surface area contributed by atoms with E-state index in [0.717, 1.165) is 6.54 Å². The molecule has 20 heavy (non-hydrogen) atoms. The second-order valence-electron chi connectivity index (χ2n) is 5.36. The van der Waals surface area contributed by atoms with Gasteiger partial charge in [0, 0.05) is 26.2 Å². The van der Waals surface area contributed by atoms with Crippen LogP contribution in [0.1, 0.15) is 30.1 Å². The van der Waals surface area contributed by atoms with Crippen LogP contribution in [0.15, 0.2) is 10.6 Å². The summed E-state index contributed by atoms with van der Waals surface area (Å²) in [5.41, 5.74) is 1.50. The van der Waals surface area contributed by atoms with E-state index in [1.807, 2.05) is 24.2 Å². The van der Waals surface area contributed by atoms with Gasteiger partial charge in [0.1, 0.15) is 0 Å². The molecule has 1 aliphatic rings. The van der Waals surface area contributed by atoms with Crippen molar-refractivity contribution in [2.45, 2.75) is 25.9 Å². The SMILES string of the molecule is CN1CCN(Cc2cc(C(=O)NN)no2)C(C)(C)C1=O. The van der Waals surface area contributed by atoms with Crippen molar-refractivity contribution in [3.05, 3.63) is 17.5 Å². The molecule has 1 aromatic heterocycles. The summed E-state index contributed by atoms with van der Waals surface area (Å²) in [5.74, 6) is 5.11. The molecule has 8 nitrogen and oxygen atoms in total. The molecule has 2 rings (SSSR count). The Balaban J connectivity index is 2.11. The Hall–Kier alpha value is -1.93. The van der Waals surface area contributed by atoms with Crippen LogP contribution in [-0.4, -0.2) is 52.4 Å². The van der Waals surface area contributed by atoms with Gasteiger partial charge < -0.3 is 9.42 Å². The number of piperazine rings is 1. The van der Waals surface area contributed by atoms with Crippen LogP contribution in [0.5, 0.6) is 0 Å². The molecule has 1 saturated heterocycles. The van der Waals surface area contributed by atoms with Gasteiger partial charge in [-0.2, -0.15) is 0 Å². The highest BCUT2D eigenvalue weighted by atomic mass is 16.5. The fourth-order valence-electron chi connectivity index (χ4n) is 2.29. The number of hydrogen-bond acceptors (Lipinski definition) is 6. The second kappa shape index (κ2) is 5.22. The summed E-state index contributed by atoms with van der Waals surface area (Å²) in [6, 6.07) is 1.53. The van der Waals surface area contributed by atoms with Crippen LogP contribution in [-0.2, 0) is 11.3 Å². The van der Waals surface area contributed by atoms with Crippen LogP contribution in [0.3, 0.4) is 0 Å². The summed E-state index contributed by atoms with van der Waals surface area (Å²) < 4.78 is 5.11. The maximum atomic E-state index is 12.2. The molecular weight excluding hydrogens is 262 g/mol. The van der Waals surface area contributed by atoms with Crippen LogP contribution in [0.2, 0.25) is 0 Å². The smallest absolute Gasteiger partial charge is 0.287 e. The van der Waals surface area contributed by atoms with E-state index in [1.54, 1.807) is 11.9 Å². The van der Waals surface area contributed by atoms with Crippen LogP contribution >= 0.6 is 0 Å². The molecular formula is C12H19N5O3. The van der Waals surface area contributed by atoms with E-state index in [1.165, 1.54) is 6.07 Å². The van der Waals surface area contributed by atoms with E-state index in [4.69, 9.17) is 10.4 Å². The molecule has 1 fully saturated rings. The first-order valence-corrected chi connectivity index (χ1v) is 6.33. The number of nitrogens with one attached hydrogen (secondary N) is 1. The lowest BCUT2D eigenvalue weighted by Crippen LogP contribution is -2.61. The van der Waals surface area contributed by atoms with Gasteiger partial charge >= 0.3 is 0 Å². The minimum Gasteiger partial charge on any atom is -0.359 e. The molecule has 0 spiro atoms. The monoisotopic (exact) mass is 281 g/mol. The van der Waals surface area contributed by atoms with Gasteiger partial charge in [-0.1, -0.05) is 5.16 Å². The van der Waals surface area contributed by atoms with E-state index < -0.39 is 11.4 Å². The Kier molecular flexibility index (Phi) is 3.78. The van der Waals surface area contributed by atoms with Gasteiger partial charge in [-0.3, -0.25) is 19.9 Å². The average molecular weight is 281 g/mol. The summed E-state index contributed by atoms with van der Waals surface area (Å²) in [7, 11) is 1.79. The summed E-state index contributed by atoms with van der Waals surface area (Å²) in [5, 5.41) is 3.65. The number of nitrogens with zero attached hydrogens (tertiary/aromatic N) is 3. The van der Waals surface area contributed by atoms with Gasteiger partial charge in [-0.15, -0.1) is 0 Å². The van der Waals surface area contributed by atoms with Crippen LogP contribution < -0.4 is 11.3 Å². The lowest BCUT2D eigenvalue weighted by molar-refractivity contribution is -0.147. The fourth-order valence-corrected chi connectivity index (χ4v) is 2.29. The molecule has 1 aromatic rings. The third-order valence-electron chi connectivity index (χ3n) is 3.64. The second-order valence-corrected chi connectivity index (χ2v) is 5.36. The number of amides is 2. The van der Waals surface area contributed by atoms with Crippen molar-refractivity contribution in [3.63, 3.8) is 0 Å². The van der Waals surface area contributed by atoms with Crippen LogP contribution in [0.4, 0.5) is 0 Å². The van der Waals surface area contributed by atoms with Crippen molar-refractivity contribution >= 4 is 11.8 Å². The van der Waals surface area contributed by atoms with Crippen molar-refractivity contribution < 1.29 is 14.1 Å². The minimum absolute atomic E-state index is 0.0585. The number of hydrogen-bond donors (Lipinski definition) is 2. The molecule has 8 heteroatoms. The highest BCUT2D eigenvalue weighted by Crippen LogP contribution is 2.24. The van der Waals surface area contributed by atoms with E-state index in [-0.39, 0.29) is 11.6 Å². The molecule has 0 bridgehead atoms. The first-order valence-electron chi connectivity index (χ1n) is 6.33. The summed E-state index contributed by atoms with van der Waals surface area (Å²) in [6.45, 7) is 5.54. The number of carbonyl (C=O) groups excluding carboxylic acids is 2. The standard InChI is InChI=1S/C12H19N5O3/c1-12(2)11(19)16(3)4-5-17(12)7-8-6-9(15-20-8)10(18)14-13/h6H,4-5,7,13H2,1-3H3,(H,14,18). The van der Waals surface area contributed by atoms with E-state index >= 15 is 0 Å². The number of hydrazine groups is 1. The lowest BCUT2D eigenvalue weighted by atomic mass is 9.97. The molecule has 1 aliphatic heterocycles. The summed E-state index contributed by atoms with van der Waals surface area (Å²) in [4.78, 5) is 27.2. The van der Waals surface area contributed by atoms with Gasteiger partial charge in [0.25, 0.3) is 5.91 Å². The molecule has 0 aliphatic carbocycles. The predicted molar refractivity (Wildman–Crippen MR) is 70.3 cm³/mol. The molecule has 0 radical (unpaired) electrons. The van der Waals surface area contributed by atoms with Gasteiger partial charge in [0.2, 0.25) is 5.91 Å². The normalized spacial score (nSPS) is 19.2. The zero-order valence-electron chi connectivity index (χ0n) is 11.8. The van der Waals surface area contributed by atoms with Crippen LogP contribution in [0.25, 0.3) is 0 Å². The first-order chi connectivity index (χ1) is 9.36. The Morgan fingerprint density at radius 2 is 2.25 bits per heavy atom. The minimum atomic E-state index is -0.615. The Bertz CT molecular complexity index is 525. The number of nitrogens with two attached hydrogens (primary N) is 1. The number of aromatic nitrogens is 1. The quantitative estimate of drug-likeness (QED) is 0.432. The number of nitrogen functional groups attached to an aromatic ring is 1. The Morgan fingerprint density at radius 3 is 2.90 bits per heavy atom. The van der Waals surface area contributed by atoms with E-state index in [0.29, 0.717) is 18.8 Å². The Morgan fingerprint density at radius 1 is 1.55 bits per heavy atom. The molecule has 110 valence electrons. The van der Waals surface area contributed by atoms with E-state index in [9.17, 15) is 9.59 Å². The fraction of sp³-hybridized carbons (Fsp3) is 0.583. The first kappa shape index (κ1) is 14.5. The van der Waals surface area contributed by atoms with Crippen molar-refractivity contribution in [2.75, 3.05) is 20.1 Å². The third kappa shape index (κ3) is 2.52. The largest absolute Gasteiger partial charge is 0.359 e. The van der Waals surface area contributed by atoms with Crippen molar-refractivity contribution in [1.82, 2.24) is 20.4 Å². The molecule has 0 unspecified atom stereocenters. The maximum absolute atomic E-state index is 12.2. The molecule has 2 heterocycles. The maximum Gasteiger partial charge on any atom is 0.287 e. The van der Waals surface area contributed by atoms with Crippen molar-refractivity contribution in [1.29, 1.82) is 0 Å². The van der Waals surface area contributed by atoms with E-state index in [2.05, 4.69) is 5.16 Å². The molecule has 0 saturated carbocycles. The van der Waals surface area contributed by atoms with Crippen molar-refractivity contribution in [3.8, 4) is 0 Å². The third-order valence-corrected chi connectivity index (χ3v) is 3.64. The van der Waals surface area contributed by atoms with Crippen LogP contribution in [0, 0.1) is 0 Å². The topological polar surface area (TPSA) is 105 Å². The number of carbonyl (C=O) groups is 2. The number of likely N-dealkylation sites (N-methyl/N-ethyl adjacent to an activating group) is 1. The highest BCUT2D eigenvalue weighted by molar-refractivity contribution is 5.91. The van der Waals surface area contributed by atoms with Gasteiger partial charge in [0.15, 0.2) is 11.5 Å². The molecule has 0 aromatic carbocycles. The molecule has 2 amide bonds. The average Bonchev–Trinajstić information content (AvgIpc) is 2.88. The van der Waals surface area contributed by atoms with Gasteiger partial charge in [-0.25, -0.2) is 5.84 Å². The predicted octanol–water partition coefficient (Wildman–Crippen LogP) is -0.669. The highest BCUT2D eigenvalue weighted by Gasteiger charge is 2.40. The number of rotatable bonds is 3. The zero-order chi connectivity index (χ0) is 14.9. The molecule has 0 atom stereocenters. The lowest BCUT2D eigenvalue weighted by Gasteiger charge is -2.44. The zero-order valence-corrected chi connectivity index (χ0v) is 11.8. The summed E-state index contributed by atoms with van der Waals surface area (Å²) in [6.07, 6.45) is 0.